The fraction of sp³-hybridized carbons (Fsp3) is 0.172. The number of anilines is 1. The van der Waals surface area contributed by atoms with Gasteiger partial charge in [-0.05, 0) is 36.2 Å². The molecule has 1 atom stereocenters. The van der Waals surface area contributed by atoms with Crippen molar-refractivity contribution in [2.24, 2.45) is 0 Å². The molecule has 37 heavy (non-hydrogen) atoms. The number of aromatic nitrogens is 2. The first kappa shape index (κ1) is 25.4. The van der Waals surface area contributed by atoms with Gasteiger partial charge in [-0.3, -0.25) is 14.4 Å². The number of hydrogen-bond donors (Lipinski definition) is 3. The maximum absolute atomic E-state index is 13.3. The molecule has 8 heteroatoms. The number of hydrogen-bond acceptors (Lipinski definition) is 4. The standard InChI is InChI=1S/C29H29N5O3/c35-27(23-12-5-2-6-13-23)32-25-15-8-7-14-24(25)28(36)33-26(20-22-10-3-1-4-11-22)29(37)31-16-9-18-34-19-17-30-21-34/h1-8,10-15,17,19,21,26H,9,16,18,20H2,(H,31,37)(H,32,35)(H,33,36)/t26-/m1/s1. The zero-order valence-corrected chi connectivity index (χ0v) is 20.3. The number of nitrogens with one attached hydrogen (secondary N) is 3. The van der Waals surface area contributed by atoms with E-state index in [-0.39, 0.29) is 17.4 Å². The zero-order valence-electron chi connectivity index (χ0n) is 20.3. The van der Waals surface area contributed by atoms with Crippen LogP contribution in [0.25, 0.3) is 0 Å². The molecule has 1 aromatic heterocycles. The van der Waals surface area contributed by atoms with Gasteiger partial charge in [0.2, 0.25) is 5.91 Å². The van der Waals surface area contributed by atoms with Crippen molar-refractivity contribution >= 4 is 23.4 Å². The monoisotopic (exact) mass is 495 g/mol. The first-order valence-electron chi connectivity index (χ1n) is 12.1. The first-order valence-corrected chi connectivity index (χ1v) is 12.1. The van der Waals surface area contributed by atoms with Crippen molar-refractivity contribution in [1.29, 1.82) is 0 Å². The van der Waals surface area contributed by atoms with E-state index in [0.717, 1.165) is 18.5 Å². The molecule has 0 aliphatic rings. The minimum atomic E-state index is -0.791. The van der Waals surface area contributed by atoms with Crippen molar-refractivity contribution in [3.63, 3.8) is 0 Å². The van der Waals surface area contributed by atoms with Crippen LogP contribution in [0.2, 0.25) is 0 Å². The van der Waals surface area contributed by atoms with Crippen molar-refractivity contribution in [2.75, 3.05) is 11.9 Å². The number of carbonyl (C=O) groups is 3. The quantitative estimate of drug-likeness (QED) is 0.276. The van der Waals surface area contributed by atoms with Gasteiger partial charge < -0.3 is 20.5 Å². The van der Waals surface area contributed by atoms with Crippen molar-refractivity contribution in [2.45, 2.75) is 25.4 Å². The lowest BCUT2D eigenvalue weighted by molar-refractivity contribution is -0.122. The van der Waals surface area contributed by atoms with Crippen molar-refractivity contribution in [3.8, 4) is 0 Å². The van der Waals surface area contributed by atoms with Crippen LogP contribution in [0.4, 0.5) is 5.69 Å². The molecule has 0 bridgehead atoms. The van der Waals surface area contributed by atoms with Crippen LogP contribution in [-0.2, 0) is 17.8 Å². The SMILES string of the molecule is O=C(Nc1ccccc1C(=O)N[C@H](Cc1ccccc1)C(=O)NCCCn1ccnc1)c1ccccc1. The molecule has 0 aliphatic carbocycles. The van der Waals surface area contributed by atoms with Gasteiger partial charge in [0.15, 0.2) is 0 Å². The lowest BCUT2D eigenvalue weighted by atomic mass is 10.0. The molecule has 188 valence electrons. The van der Waals surface area contributed by atoms with E-state index in [1.165, 1.54) is 0 Å². The minimum Gasteiger partial charge on any atom is -0.354 e. The van der Waals surface area contributed by atoms with E-state index in [9.17, 15) is 14.4 Å². The van der Waals surface area contributed by atoms with Gasteiger partial charge in [0.25, 0.3) is 11.8 Å². The van der Waals surface area contributed by atoms with Crippen molar-refractivity contribution in [1.82, 2.24) is 20.2 Å². The van der Waals surface area contributed by atoms with Gasteiger partial charge >= 0.3 is 0 Å². The smallest absolute Gasteiger partial charge is 0.255 e. The summed E-state index contributed by atoms with van der Waals surface area (Å²) in [7, 11) is 0. The van der Waals surface area contributed by atoms with Gasteiger partial charge in [-0.2, -0.15) is 0 Å². The number of imidazole rings is 1. The molecule has 0 unspecified atom stereocenters. The van der Waals surface area contributed by atoms with Crippen LogP contribution in [0.1, 0.15) is 32.7 Å². The fourth-order valence-corrected chi connectivity index (χ4v) is 3.88. The molecule has 3 aromatic carbocycles. The number of rotatable bonds is 11. The van der Waals surface area contributed by atoms with Gasteiger partial charge in [-0.25, -0.2) is 4.98 Å². The number of aryl methyl sites for hydroxylation is 1. The fourth-order valence-electron chi connectivity index (χ4n) is 3.88. The van der Waals surface area contributed by atoms with Crippen molar-refractivity contribution in [3.05, 3.63) is 120 Å². The molecule has 0 saturated carbocycles. The average Bonchev–Trinajstić information content (AvgIpc) is 3.45. The van der Waals surface area contributed by atoms with E-state index >= 15 is 0 Å². The summed E-state index contributed by atoms with van der Waals surface area (Å²) in [6, 6.07) is 24.3. The summed E-state index contributed by atoms with van der Waals surface area (Å²) in [6.45, 7) is 1.19. The van der Waals surface area contributed by atoms with Gasteiger partial charge in [-0.1, -0.05) is 60.7 Å². The Balaban J connectivity index is 1.44. The average molecular weight is 496 g/mol. The van der Waals surface area contributed by atoms with Gasteiger partial charge in [0.1, 0.15) is 6.04 Å². The summed E-state index contributed by atoms with van der Waals surface area (Å²) in [5, 5.41) is 8.61. The molecular weight excluding hydrogens is 466 g/mol. The molecule has 3 amide bonds. The van der Waals surface area contributed by atoms with Crippen LogP contribution in [-0.4, -0.2) is 39.9 Å². The number of para-hydroxylation sites is 1. The predicted octanol–water partition coefficient (Wildman–Crippen LogP) is 3.68. The van der Waals surface area contributed by atoms with E-state index in [1.54, 1.807) is 61.1 Å². The molecule has 3 N–H and O–H groups in total. The summed E-state index contributed by atoms with van der Waals surface area (Å²) in [4.78, 5) is 43.1. The zero-order chi connectivity index (χ0) is 25.9. The third-order valence-corrected chi connectivity index (χ3v) is 5.81. The van der Waals surface area contributed by atoms with E-state index in [1.807, 2.05) is 47.2 Å². The molecule has 0 aliphatic heterocycles. The highest BCUT2D eigenvalue weighted by Crippen LogP contribution is 2.17. The number of benzene rings is 3. The lowest BCUT2D eigenvalue weighted by Gasteiger charge is -2.20. The lowest BCUT2D eigenvalue weighted by Crippen LogP contribution is -2.48. The Kier molecular flexibility index (Phi) is 8.80. The van der Waals surface area contributed by atoms with Gasteiger partial charge in [0.05, 0.1) is 17.6 Å². The Morgan fingerprint density at radius 1 is 0.838 bits per heavy atom. The predicted molar refractivity (Wildman–Crippen MR) is 142 cm³/mol. The largest absolute Gasteiger partial charge is 0.354 e. The van der Waals surface area contributed by atoms with E-state index in [0.29, 0.717) is 24.2 Å². The molecule has 0 fully saturated rings. The molecule has 0 saturated heterocycles. The summed E-state index contributed by atoms with van der Waals surface area (Å²) in [6.07, 6.45) is 6.37. The molecule has 0 radical (unpaired) electrons. The molecule has 0 spiro atoms. The molecule has 4 aromatic rings. The Hall–Kier alpha value is -4.72. The van der Waals surface area contributed by atoms with Crippen LogP contribution in [0.3, 0.4) is 0 Å². The molecule has 4 rings (SSSR count). The topological polar surface area (TPSA) is 105 Å². The maximum Gasteiger partial charge on any atom is 0.255 e. The molecular formula is C29H29N5O3. The highest BCUT2D eigenvalue weighted by Gasteiger charge is 2.23. The highest BCUT2D eigenvalue weighted by atomic mass is 16.2. The van der Waals surface area contributed by atoms with Crippen LogP contribution in [0.5, 0.6) is 0 Å². The van der Waals surface area contributed by atoms with Gasteiger partial charge in [-0.15, -0.1) is 0 Å². The Morgan fingerprint density at radius 3 is 2.27 bits per heavy atom. The van der Waals surface area contributed by atoms with Crippen LogP contribution >= 0.6 is 0 Å². The summed E-state index contributed by atoms with van der Waals surface area (Å²) in [5.41, 5.74) is 2.05. The molecule has 8 nitrogen and oxygen atoms in total. The summed E-state index contributed by atoms with van der Waals surface area (Å²) < 4.78 is 1.94. The number of carbonyl (C=O) groups excluding carboxylic acids is 3. The second-order valence-electron chi connectivity index (χ2n) is 8.53. The normalized spacial score (nSPS) is 11.4. The van der Waals surface area contributed by atoms with Crippen molar-refractivity contribution < 1.29 is 14.4 Å². The second-order valence-corrected chi connectivity index (χ2v) is 8.53. The second kappa shape index (κ2) is 12.8. The van der Waals surface area contributed by atoms with Crippen LogP contribution in [0, 0.1) is 0 Å². The minimum absolute atomic E-state index is 0.270. The number of amides is 3. The third-order valence-electron chi connectivity index (χ3n) is 5.81. The van der Waals surface area contributed by atoms with E-state index < -0.39 is 11.9 Å². The summed E-state index contributed by atoms with van der Waals surface area (Å²) >= 11 is 0. The maximum atomic E-state index is 13.3. The number of nitrogens with zero attached hydrogens (tertiary/aromatic N) is 2. The third kappa shape index (κ3) is 7.38. The molecule has 1 heterocycles. The summed E-state index contributed by atoms with van der Waals surface area (Å²) in [5.74, 6) is -1.04. The Bertz CT molecular complexity index is 1310. The van der Waals surface area contributed by atoms with Gasteiger partial charge in [0, 0.05) is 37.5 Å². The van der Waals surface area contributed by atoms with Crippen LogP contribution < -0.4 is 16.0 Å². The highest BCUT2D eigenvalue weighted by molar-refractivity contribution is 6.09. The van der Waals surface area contributed by atoms with E-state index in [4.69, 9.17) is 0 Å². The Labute approximate surface area is 215 Å². The van der Waals surface area contributed by atoms with E-state index in [2.05, 4.69) is 20.9 Å². The van der Waals surface area contributed by atoms with Crippen LogP contribution in [0.15, 0.2) is 104 Å². The Morgan fingerprint density at radius 2 is 1.54 bits per heavy atom. The first-order chi connectivity index (χ1) is 18.1.